The van der Waals surface area contributed by atoms with Crippen LogP contribution in [0.5, 0.6) is 5.88 Å². The van der Waals surface area contributed by atoms with Gasteiger partial charge in [-0.05, 0) is 12.5 Å². The van der Waals surface area contributed by atoms with E-state index in [1.165, 1.54) is 13.1 Å². The molecule has 0 spiro atoms. The third kappa shape index (κ3) is 1.53. The Bertz CT molecular complexity index is 395. The van der Waals surface area contributed by atoms with Crippen LogP contribution < -0.4 is 10.9 Å². The molecule has 5 heteroatoms. The number of nitrogens with zero attached hydrogens (tertiary/aromatic N) is 1. The molecule has 1 amide bonds. The number of rotatable bonds is 2. The number of anilines is 1. The number of amides is 1. The van der Waals surface area contributed by atoms with Gasteiger partial charge in [0.05, 0.1) is 0 Å². The van der Waals surface area contributed by atoms with E-state index in [0.29, 0.717) is 12.0 Å². The Morgan fingerprint density at radius 2 is 2.23 bits per heavy atom. The fourth-order valence-corrected chi connectivity index (χ4v) is 1.04. The number of carbonyl (C=O) groups excluding carboxylic acids is 1. The smallest absolute Gasteiger partial charge is 0.277 e. The summed E-state index contributed by atoms with van der Waals surface area (Å²) in [6.45, 7) is 1.63. The van der Waals surface area contributed by atoms with Crippen LogP contribution in [0.25, 0.3) is 0 Å². The van der Waals surface area contributed by atoms with Gasteiger partial charge in [-0.2, -0.15) is 0 Å². The zero-order valence-electron chi connectivity index (χ0n) is 7.37. The number of pyridine rings is 1. The number of aromatic nitrogens is 1. The van der Waals surface area contributed by atoms with Gasteiger partial charge in [0.1, 0.15) is 5.69 Å². The summed E-state index contributed by atoms with van der Waals surface area (Å²) < 4.78 is 1.05. The highest BCUT2D eigenvalue weighted by atomic mass is 16.3. The van der Waals surface area contributed by atoms with Crippen molar-refractivity contribution in [2.75, 3.05) is 5.32 Å². The summed E-state index contributed by atoms with van der Waals surface area (Å²) in [6, 6.07) is 1.41. The standard InChI is InChI=1S/C8H10N2O3/c1-5-3-6(12)10(2)8(13)7(5)9-4-11/h3-4,12H,1-2H3,(H,9,11). The van der Waals surface area contributed by atoms with Crippen LogP contribution in [0.4, 0.5) is 5.69 Å². The number of aryl methyl sites for hydroxylation is 1. The minimum atomic E-state index is -0.426. The van der Waals surface area contributed by atoms with Crippen molar-refractivity contribution >= 4 is 12.1 Å². The first-order chi connectivity index (χ1) is 6.07. The topological polar surface area (TPSA) is 71.3 Å². The van der Waals surface area contributed by atoms with Crippen LogP contribution in [-0.2, 0) is 11.8 Å². The van der Waals surface area contributed by atoms with E-state index in [4.69, 9.17) is 0 Å². The molecule has 1 heterocycles. The van der Waals surface area contributed by atoms with Gasteiger partial charge in [-0.15, -0.1) is 0 Å². The zero-order valence-corrected chi connectivity index (χ0v) is 7.37. The Labute approximate surface area is 74.6 Å². The molecule has 13 heavy (non-hydrogen) atoms. The lowest BCUT2D eigenvalue weighted by Gasteiger charge is -2.07. The summed E-state index contributed by atoms with van der Waals surface area (Å²) in [5.41, 5.74) is 0.299. The number of carbonyl (C=O) groups is 1. The molecule has 0 aliphatic heterocycles. The molecule has 0 atom stereocenters. The SMILES string of the molecule is Cc1cc(O)n(C)c(=O)c1NC=O. The lowest BCUT2D eigenvalue weighted by atomic mass is 10.2. The first-order valence-corrected chi connectivity index (χ1v) is 3.67. The van der Waals surface area contributed by atoms with E-state index in [-0.39, 0.29) is 11.6 Å². The quantitative estimate of drug-likeness (QED) is 0.631. The van der Waals surface area contributed by atoms with E-state index < -0.39 is 5.56 Å². The number of nitrogens with one attached hydrogen (secondary N) is 1. The van der Waals surface area contributed by atoms with E-state index >= 15 is 0 Å². The monoisotopic (exact) mass is 182 g/mol. The molecule has 0 aliphatic rings. The van der Waals surface area contributed by atoms with E-state index in [1.807, 2.05) is 0 Å². The average molecular weight is 182 g/mol. The maximum absolute atomic E-state index is 11.4. The maximum Gasteiger partial charge on any atom is 0.277 e. The third-order valence-electron chi connectivity index (χ3n) is 1.81. The highest BCUT2D eigenvalue weighted by Crippen LogP contribution is 2.13. The summed E-state index contributed by atoms with van der Waals surface area (Å²) >= 11 is 0. The van der Waals surface area contributed by atoms with Gasteiger partial charge < -0.3 is 10.4 Å². The van der Waals surface area contributed by atoms with Crippen molar-refractivity contribution in [1.82, 2.24) is 4.57 Å². The Morgan fingerprint density at radius 1 is 1.62 bits per heavy atom. The van der Waals surface area contributed by atoms with Gasteiger partial charge in [-0.25, -0.2) is 0 Å². The Balaban J connectivity index is 3.43. The Hall–Kier alpha value is -1.78. The molecule has 5 nitrogen and oxygen atoms in total. The van der Waals surface area contributed by atoms with Crippen molar-refractivity contribution in [3.8, 4) is 5.88 Å². The summed E-state index contributed by atoms with van der Waals surface area (Å²) in [4.78, 5) is 21.5. The molecule has 0 fully saturated rings. The second-order valence-corrected chi connectivity index (χ2v) is 2.69. The predicted molar refractivity (Wildman–Crippen MR) is 47.8 cm³/mol. The second-order valence-electron chi connectivity index (χ2n) is 2.69. The van der Waals surface area contributed by atoms with Crippen molar-refractivity contribution in [3.63, 3.8) is 0 Å². The highest BCUT2D eigenvalue weighted by Gasteiger charge is 2.07. The van der Waals surface area contributed by atoms with E-state index in [9.17, 15) is 14.7 Å². The number of hydrogen-bond donors (Lipinski definition) is 2. The van der Waals surface area contributed by atoms with Crippen molar-refractivity contribution in [3.05, 3.63) is 22.0 Å². The first kappa shape index (κ1) is 9.31. The average Bonchev–Trinajstić information content (AvgIpc) is 2.09. The molecule has 0 unspecified atom stereocenters. The Morgan fingerprint density at radius 3 is 2.77 bits per heavy atom. The third-order valence-corrected chi connectivity index (χ3v) is 1.81. The van der Waals surface area contributed by atoms with Crippen LogP contribution >= 0.6 is 0 Å². The molecule has 0 bridgehead atoms. The van der Waals surface area contributed by atoms with E-state index in [0.717, 1.165) is 4.57 Å². The molecule has 1 rings (SSSR count). The molecule has 1 aromatic heterocycles. The van der Waals surface area contributed by atoms with Crippen molar-refractivity contribution in [2.45, 2.75) is 6.92 Å². The van der Waals surface area contributed by atoms with Gasteiger partial charge in [-0.3, -0.25) is 14.2 Å². The molecule has 0 saturated heterocycles. The molecular weight excluding hydrogens is 172 g/mol. The fraction of sp³-hybridized carbons (Fsp3) is 0.250. The zero-order chi connectivity index (χ0) is 10.0. The highest BCUT2D eigenvalue weighted by molar-refractivity contribution is 5.72. The molecule has 0 aliphatic carbocycles. The van der Waals surface area contributed by atoms with Crippen LogP contribution in [-0.4, -0.2) is 16.1 Å². The largest absolute Gasteiger partial charge is 0.494 e. The molecule has 70 valence electrons. The Kier molecular flexibility index (Phi) is 2.36. The number of hydrogen-bond acceptors (Lipinski definition) is 3. The van der Waals surface area contributed by atoms with Gasteiger partial charge in [0.15, 0.2) is 5.88 Å². The number of aromatic hydroxyl groups is 1. The normalized spacial score (nSPS) is 9.69. The minimum Gasteiger partial charge on any atom is -0.494 e. The summed E-state index contributed by atoms with van der Waals surface area (Å²) in [5, 5.41) is 11.5. The van der Waals surface area contributed by atoms with Crippen LogP contribution in [0.3, 0.4) is 0 Å². The molecule has 1 aromatic rings. The summed E-state index contributed by atoms with van der Waals surface area (Å²) in [6.07, 6.45) is 0.431. The van der Waals surface area contributed by atoms with Crippen LogP contribution in [0, 0.1) is 6.92 Å². The van der Waals surface area contributed by atoms with Crippen molar-refractivity contribution in [2.24, 2.45) is 7.05 Å². The van der Waals surface area contributed by atoms with E-state index in [2.05, 4.69) is 5.32 Å². The first-order valence-electron chi connectivity index (χ1n) is 3.67. The van der Waals surface area contributed by atoms with Gasteiger partial charge in [-0.1, -0.05) is 0 Å². The minimum absolute atomic E-state index is 0.126. The van der Waals surface area contributed by atoms with Crippen LogP contribution in [0.2, 0.25) is 0 Å². The van der Waals surface area contributed by atoms with Gasteiger partial charge in [0.2, 0.25) is 6.41 Å². The lowest BCUT2D eigenvalue weighted by molar-refractivity contribution is -0.105. The summed E-state index contributed by atoms with van der Waals surface area (Å²) in [5.74, 6) is -0.126. The molecule has 0 saturated carbocycles. The van der Waals surface area contributed by atoms with Crippen molar-refractivity contribution in [1.29, 1.82) is 0 Å². The van der Waals surface area contributed by atoms with E-state index in [1.54, 1.807) is 6.92 Å². The summed E-state index contributed by atoms with van der Waals surface area (Å²) in [7, 11) is 1.42. The molecular formula is C8H10N2O3. The molecule has 0 aromatic carbocycles. The van der Waals surface area contributed by atoms with Gasteiger partial charge in [0.25, 0.3) is 5.56 Å². The lowest BCUT2D eigenvalue weighted by Crippen LogP contribution is -2.21. The molecule has 0 radical (unpaired) electrons. The van der Waals surface area contributed by atoms with Gasteiger partial charge >= 0.3 is 0 Å². The maximum atomic E-state index is 11.4. The predicted octanol–water partition coefficient (Wildman–Crippen LogP) is -0.0324. The fourth-order valence-electron chi connectivity index (χ4n) is 1.04. The second kappa shape index (κ2) is 3.30. The van der Waals surface area contributed by atoms with Gasteiger partial charge in [0, 0.05) is 13.1 Å². The molecule has 2 N–H and O–H groups in total. The van der Waals surface area contributed by atoms with Crippen LogP contribution in [0.1, 0.15) is 5.56 Å². The van der Waals surface area contributed by atoms with Crippen molar-refractivity contribution < 1.29 is 9.90 Å². The van der Waals surface area contributed by atoms with Crippen LogP contribution in [0.15, 0.2) is 10.9 Å².